The second-order valence-corrected chi connectivity index (χ2v) is 7.57. The van der Waals surface area contributed by atoms with Crippen LogP contribution in [0, 0.1) is 6.92 Å². The van der Waals surface area contributed by atoms with Gasteiger partial charge in [-0.2, -0.15) is 5.10 Å². The molecule has 7 nitrogen and oxygen atoms in total. The van der Waals surface area contributed by atoms with Gasteiger partial charge in [-0.25, -0.2) is 14.6 Å². The fourth-order valence-electron chi connectivity index (χ4n) is 3.01. The van der Waals surface area contributed by atoms with E-state index in [1.807, 2.05) is 49.4 Å². The molecular weight excluding hydrogens is 386 g/mol. The van der Waals surface area contributed by atoms with E-state index in [-0.39, 0.29) is 5.91 Å². The molecule has 1 amide bonds. The summed E-state index contributed by atoms with van der Waals surface area (Å²) in [5, 5.41) is 7.09. The van der Waals surface area contributed by atoms with Crippen LogP contribution in [0.2, 0.25) is 0 Å². The van der Waals surface area contributed by atoms with Crippen LogP contribution in [-0.4, -0.2) is 32.8 Å². The van der Waals surface area contributed by atoms with Crippen LogP contribution < -0.4 is 10.1 Å². The maximum Gasteiger partial charge on any atom is 0.261 e. The van der Waals surface area contributed by atoms with Gasteiger partial charge in [-0.15, -0.1) is 11.3 Å². The maximum atomic E-state index is 12.7. The molecule has 8 heteroatoms. The third-order valence-corrected chi connectivity index (χ3v) is 5.53. The fourth-order valence-corrected chi connectivity index (χ4v) is 3.96. The predicted molar refractivity (Wildman–Crippen MR) is 111 cm³/mol. The molecule has 146 valence electrons. The molecule has 0 atom stereocenters. The minimum Gasteiger partial charge on any atom is -0.497 e. The Hall–Kier alpha value is -3.52. The van der Waals surface area contributed by atoms with E-state index in [2.05, 4.69) is 20.4 Å². The molecule has 0 aliphatic heterocycles. The summed E-state index contributed by atoms with van der Waals surface area (Å²) in [6.07, 6.45) is 4.72. The smallest absolute Gasteiger partial charge is 0.261 e. The number of pyridine rings is 1. The summed E-state index contributed by atoms with van der Waals surface area (Å²) < 4.78 is 6.79. The highest BCUT2D eigenvalue weighted by Gasteiger charge is 2.15. The maximum absolute atomic E-state index is 12.7. The van der Waals surface area contributed by atoms with Crippen LogP contribution in [0.5, 0.6) is 5.75 Å². The third kappa shape index (κ3) is 4.02. The number of nitrogens with zero attached hydrogens (tertiary/aromatic N) is 4. The van der Waals surface area contributed by atoms with E-state index in [1.165, 1.54) is 17.7 Å². The zero-order valence-electron chi connectivity index (χ0n) is 16.0. The van der Waals surface area contributed by atoms with Crippen molar-refractivity contribution in [2.45, 2.75) is 13.5 Å². The molecule has 1 N–H and O–H groups in total. The number of hydrogen-bond acceptors (Lipinski definition) is 6. The van der Waals surface area contributed by atoms with Gasteiger partial charge >= 0.3 is 0 Å². The molecule has 1 aromatic carbocycles. The van der Waals surface area contributed by atoms with Crippen molar-refractivity contribution >= 4 is 17.2 Å². The van der Waals surface area contributed by atoms with E-state index >= 15 is 0 Å². The molecule has 0 bridgehead atoms. The second kappa shape index (κ2) is 8.24. The van der Waals surface area contributed by atoms with Gasteiger partial charge in [-0.3, -0.25) is 4.79 Å². The molecule has 0 radical (unpaired) electrons. The first kappa shape index (κ1) is 18.8. The number of thiophene rings is 1. The van der Waals surface area contributed by atoms with Crippen LogP contribution >= 0.6 is 11.3 Å². The molecule has 0 fully saturated rings. The Morgan fingerprint density at radius 3 is 2.79 bits per heavy atom. The Balaban J connectivity index is 1.50. The molecule has 0 aliphatic rings. The fraction of sp³-hybridized carbons (Fsp3) is 0.143. The van der Waals surface area contributed by atoms with Gasteiger partial charge in [0, 0.05) is 23.2 Å². The van der Waals surface area contributed by atoms with Crippen molar-refractivity contribution in [3.05, 3.63) is 76.6 Å². The molecule has 0 spiro atoms. The van der Waals surface area contributed by atoms with E-state index in [0.717, 1.165) is 27.3 Å². The molecule has 3 heterocycles. The Morgan fingerprint density at radius 2 is 2.07 bits per heavy atom. The Kier molecular flexibility index (Phi) is 5.35. The van der Waals surface area contributed by atoms with E-state index in [9.17, 15) is 4.79 Å². The lowest BCUT2D eigenvalue weighted by atomic mass is 10.1. The number of carbonyl (C=O) groups is 1. The standard InChI is InChI=1S/C21H19N5O2S/c1-14-18(15-5-7-17(28-2)8-6-15)10-19(29-14)21(27)24-11-16-4-3-9-23-20(16)26-13-22-12-25-26/h3-10,12-13H,11H2,1-2H3,(H,24,27). The van der Waals surface area contributed by atoms with Crippen LogP contribution in [0.15, 0.2) is 61.3 Å². The lowest BCUT2D eigenvalue weighted by Gasteiger charge is -2.08. The van der Waals surface area contributed by atoms with Crippen LogP contribution in [0.1, 0.15) is 20.1 Å². The third-order valence-electron chi connectivity index (χ3n) is 4.49. The zero-order chi connectivity index (χ0) is 20.2. The number of aromatic nitrogens is 4. The molecule has 4 aromatic rings. The van der Waals surface area contributed by atoms with Crippen LogP contribution in [0.4, 0.5) is 0 Å². The monoisotopic (exact) mass is 405 g/mol. The topological polar surface area (TPSA) is 81.9 Å². The molecule has 0 unspecified atom stereocenters. The first-order valence-corrected chi connectivity index (χ1v) is 9.79. The van der Waals surface area contributed by atoms with Gasteiger partial charge in [0.2, 0.25) is 0 Å². The SMILES string of the molecule is COc1ccc(-c2cc(C(=O)NCc3cccnc3-n3cncn3)sc2C)cc1. The van der Waals surface area contributed by atoms with Gasteiger partial charge in [-0.05, 0) is 42.3 Å². The van der Waals surface area contributed by atoms with Gasteiger partial charge in [0.15, 0.2) is 5.82 Å². The molecule has 0 saturated heterocycles. The summed E-state index contributed by atoms with van der Waals surface area (Å²) in [5.74, 6) is 1.33. The average Bonchev–Trinajstić information content (AvgIpc) is 3.42. The van der Waals surface area contributed by atoms with Crippen molar-refractivity contribution in [1.29, 1.82) is 0 Å². The highest BCUT2D eigenvalue weighted by atomic mass is 32.1. The lowest BCUT2D eigenvalue weighted by Crippen LogP contribution is -2.23. The molecule has 3 aromatic heterocycles. The second-order valence-electron chi connectivity index (χ2n) is 6.32. The summed E-state index contributed by atoms with van der Waals surface area (Å²) in [5.41, 5.74) is 2.96. The van der Waals surface area contributed by atoms with Gasteiger partial charge in [-0.1, -0.05) is 18.2 Å². The Morgan fingerprint density at radius 1 is 1.24 bits per heavy atom. The van der Waals surface area contributed by atoms with Gasteiger partial charge in [0.05, 0.1) is 12.0 Å². The number of hydrogen-bond donors (Lipinski definition) is 1. The molecule has 0 aliphatic carbocycles. The number of carbonyl (C=O) groups excluding carboxylic acids is 1. The molecular formula is C21H19N5O2S. The van der Waals surface area contributed by atoms with Gasteiger partial charge in [0.1, 0.15) is 18.4 Å². The van der Waals surface area contributed by atoms with Crippen molar-refractivity contribution in [2.75, 3.05) is 7.11 Å². The minimum absolute atomic E-state index is 0.119. The first-order valence-electron chi connectivity index (χ1n) is 8.97. The number of amides is 1. The van der Waals surface area contributed by atoms with E-state index < -0.39 is 0 Å². The van der Waals surface area contributed by atoms with Crippen LogP contribution in [-0.2, 0) is 6.54 Å². The van der Waals surface area contributed by atoms with Crippen molar-refractivity contribution in [3.8, 4) is 22.7 Å². The number of nitrogens with one attached hydrogen (secondary N) is 1. The largest absolute Gasteiger partial charge is 0.497 e. The van der Waals surface area contributed by atoms with Crippen LogP contribution in [0.3, 0.4) is 0 Å². The summed E-state index contributed by atoms with van der Waals surface area (Å²) in [7, 11) is 1.64. The Labute approximate surface area is 172 Å². The zero-order valence-corrected chi connectivity index (χ0v) is 16.8. The van der Waals surface area contributed by atoms with E-state index in [4.69, 9.17) is 4.74 Å². The average molecular weight is 405 g/mol. The normalized spacial score (nSPS) is 10.7. The summed E-state index contributed by atoms with van der Waals surface area (Å²) in [4.78, 5) is 22.8. The van der Waals surface area contributed by atoms with Crippen molar-refractivity contribution < 1.29 is 9.53 Å². The van der Waals surface area contributed by atoms with Gasteiger partial charge in [0.25, 0.3) is 5.91 Å². The molecule has 0 saturated carbocycles. The number of rotatable bonds is 6. The quantitative estimate of drug-likeness (QED) is 0.530. The number of ether oxygens (including phenoxy) is 1. The van der Waals surface area contributed by atoms with Crippen molar-refractivity contribution in [1.82, 2.24) is 25.1 Å². The van der Waals surface area contributed by atoms with E-state index in [0.29, 0.717) is 17.2 Å². The van der Waals surface area contributed by atoms with E-state index in [1.54, 1.807) is 24.3 Å². The number of benzene rings is 1. The summed E-state index contributed by atoms with van der Waals surface area (Å²) in [6.45, 7) is 2.36. The number of aryl methyl sites for hydroxylation is 1. The molecule has 29 heavy (non-hydrogen) atoms. The molecule has 4 rings (SSSR count). The van der Waals surface area contributed by atoms with Crippen molar-refractivity contribution in [2.24, 2.45) is 0 Å². The van der Waals surface area contributed by atoms with Crippen molar-refractivity contribution in [3.63, 3.8) is 0 Å². The summed E-state index contributed by atoms with van der Waals surface area (Å²) in [6, 6.07) is 13.5. The summed E-state index contributed by atoms with van der Waals surface area (Å²) >= 11 is 1.48. The Bertz CT molecular complexity index is 1120. The highest BCUT2D eigenvalue weighted by molar-refractivity contribution is 7.14. The first-order chi connectivity index (χ1) is 14.2. The van der Waals surface area contributed by atoms with Gasteiger partial charge < -0.3 is 10.1 Å². The highest BCUT2D eigenvalue weighted by Crippen LogP contribution is 2.32. The number of methoxy groups -OCH3 is 1. The minimum atomic E-state index is -0.119. The van der Waals surface area contributed by atoms with Crippen LogP contribution in [0.25, 0.3) is 16.9 Å². The lowest BCUT2D eigenvalue weighted by molar-refractivity contribution is 0.0955. The predicted octanol–water partition coefficient (Wildman–Crippen LogP) is 3.64.